The van der Waals surface area contributed by atoms with Crippen LogP contribution in [0.15, 0.2) is 28.6 Å². The number of nitrogens with zero attached hydrogens (tertiary/aromatic N) is 2. The molecule has 3 aromatic rings. The van der Waals surface area contributed by atoms with Gasteiger partial charge in [-0.3, -0.25) is 0 Å². The first kappa shape index (κ1) is 14.4. The van der Waals surface area contributed by atoms with Crippen LogP contribution in [-0.2, 0) is 16.4 Å². The molecule has 0 radical (unpaired) electrons. The standard InChI is InChI=1S/C13H13N3O2S3/c1-8-10(20-7-14-8)6-16-9-4-3-5-11(21(2,17)18)12(9)15-13(16)19/h3-5,7H,6H2,1-2H3,(H,15,19). The van der Waals surface area contributed by atoms with Crippen LogP contribution in [0.4, 0.5) is 0 Å². The predicted molar refractivity (Wildman–Crippen MR) is 86.2 cm³/mol. The van der Waals surface area contributed by atoms with E-state index in [9.17, 15) is 8.42 Å². The van der Waals surface area contributed by atoms with Crippen molar-refractivity contribution in [3.05, 3.63) is 39.1 Å². The van der Waals surface area contributed by atoms with Crippen molar-refractivity contribution in [3.63, 3.8) is 0 Å². The smallest absolute Gasteiger partial charge is 0.178 e. The van der Waals surface area contributed by atoms with Crippen molar-refractivity contribution < 1.29 is 8.42 Å². The molecular formula is C13H13N3O2S3. The molecule has 3 rings (SSSR count). The van der Waals surface area contributed by atoms with Crippen molar-refractivity contribution in [2.24, 2.45) is 0 Å². The average Bonchev–Trinajstić information content (AvgIpc) is 2.93. The van der Waals surface area contributed by atoms with Crippen LogP contribution in [0.2, 0.25) is 0 Å². The number of H-pyrrole nitrogens is 1. The molecule has 0 unspecified atom stereocenters. The first-order valence-corrected chi connectivity index (χ1v) is 9.36. The van der Waals surface area contributed by atoms with E-state index in [4.69, 9.17) is 12.2 Å². The SMILES string of the molecule is Cc1ncsc1Cn1c(=S)[nH]c2c(S(C)(=O)=O)cccc21. The summed E-state index contributed by atoms with van der Waals surface area (Å²) in [6.45, 7) is 2.54. The third-order valence-corrected chi connectivity index (χ3v) is 5.70. The lowest BCUT2D eigenvalue weighted by Crippen LogP contribution is -2.00. The van der Waals surface area contributed by atoms with Gasteiger partial charge in [0.15, 0.2) is 14.6 Å². The Labute approximate surface area is 131 Å². The Balaban J connectivity index is 2.24. The van der Waals surface area contributed by atoms with Crippen LogP contribution in [-0.4, -0.2) is 29.2 Å². The number of benzene rings is 1. The number of para-hydroxylation sites is 1. The lowest BCUT2D eigenvalue weighted by atomic mass is 10.3. The highest BCUT2D eigenvalue weighted by Crippen LogP contribution is 2.24. The zero-order chi connectivity index (χ0) is 15.2. The summed E-state index contributed by atoms with van der Waals surface area (Å²) in [4.78, 5) is 8.62. The highest BCUT2D eigenvalue weighted by Gasteiger charge is 2.16. The van der Waals surface area contributed by atoms with Gasteiger partial charge >= 0.3 is 0 Å². The fourth-order valence-corrected chi connectivity index (χ4v) is 4.12. The van der Waals surface area contributed by atoms with Crippen LogP contribution < -0.4 is 0 Å². The Morgan fingerprint density at radius 3 is 2.81 bits per heavy atom. The Kier molecular flexibility index (Phi) is 3.46. The molecule has 0 saturated carbocycles. The van der Waals surface area contributed by atoms with Gasteiger partial charge in [0.05, 0.1) is 33.7 Å². The van der Waals surface area contributed by atoms with Crippen molar-refractivity contribution in [2.75, 3.05) is 6.26 Å². The number of aromatic amines is 1. The number of thiazole rings is 1. The van der Waals surface area contributed by atoms with Gasteiger partial charge in [0.2, 0.25) is 0 Å². The van der Waals surface area contributed by atoms with Gasteiger partial charge in [-0.25, -0.2) is 13.4 Å². The number of sulfone groups is 1. The average molecular weight is 339 g/mol. The Hall–Kier alpha value is -1.51. The molecule has 0 amide bonds. The fourth-order valence-electron chi connectivity index (χ4n) is 2.24. The Morgan fingerprint density at radius 1 is 1.43 bits per heavy atom. The van der Waals surface area contributed by atoms with Crippen LogP contribution >= 0.6 is 23.6 Å². The summed E-state index contributed by atoms with van der Waals surface area (Å²) < 4.78 is 26.1. The molecule has 0 aliphatic heterocycles. The molecule has 0 bridgehead atoms. The fraction of sp³-hybridized carbons (Fsp3) is 0.231. The quantitative estimate of drug-likeness (QED) is 0.745. The van der Waals surface area contributed by atoms with E-state index in [2.05, 4.69) is 9.97 Å². The first-order valence-electron chi connectivity index (χ1n) is 6.18. The van der Waals surface area contributed by atoms with E-state index < -0.39 is 9.84 Å². The normalized spacial score (nSPS) is 12.1. The second-order valence-corrected chi connectivity index (χ2v) is 8.11. The van der Waals surface area contributed by atoms with E-state index in [-0.39, 0.29) is 4.90 Å². The van der Waals surface area contributed by atoms with Gasteiger partial charge in [0, 0.05) is 11.1 Å². The van der Waals surface area contributed by atoms with E-state index in [1.165, 1.54) is 6.26 Å². The van der Waals surface area contributed by atoms with Crippen molar-refractivity contribution in [1.82, 2.24) is 14.5 Å². The van der Waals surface area contributed by atoms with Gasteiger partial charge in [-0.1, -0.05) is 6.07 Å². The van der Waals surface area contributed by atoms with Crippen molar-refractivity contribution in [3.8, 4) is 0 Å². The molecular weight excluding hydrogens is 326 g/mol. The van der Waals surface area contributed by atoms with Crippen LogP contribution in [0.1, 0.15) is 10.6 Å². The number of fused-ring (bicyclic) bond motifs is 1. The van der Waals surface area contributed by atoms with Gasteiger partial charge in [0.25, 0.3) is 0 Å². The van der Waals surface area contributed by atoms with Gasteiger partial charge in [0.1, 0.15) is 0 Å². The van der Waals surface area contributed by atoms with Gasteiger partial charge < -0.3 is 9.55 Å². The van der Waals surface area contributed by atoms with Crippen molar-refractivity contribution >= 4 is 44.4 Å². The van der Waals surface area contributed by atoms with Gasteiger partial charge in [-0.15, -0.1) is 11.3 Å². The summed E-state index contributed by atoms with van der Waals surface area (Å²) in [6.07, 6.45) is 1.20. The summed E-state index contributed by atoms with van der Waals surface area (Å²) in [6, 6.07) is 5.19. The number of aromatic nitrogens is 3. The van der Waals surface area contributed by atoms with E-state index in [1.54, 1.807) is 29.0 Å². The summed E-state index contributed by atoms with van der Waals surface area (Å²) >= 11 is 6.91. The molecule has 21 heavy (non-hydrogen) atoms. The minimum Gasteiger partial charge on any atom is -0.329 e. The molecule has 2 heterocycles. The molecule has 0 fully saturated rings. The summed E-state index contributed by atoms with van der Waals surface area (Å²) in [7, 11) is -3.30. The molecule has 2 aromatic heterocycles. The van der Waals surface area contributed by atoms with E-state index in [1.807, 2.05) is 17.6 Å². The maximum Gasteiger partial charge on any atom is 0.178 e. The zero-order valence-corrected chi connectivity index (χ0v) is 13.9. The Bertz CT molecular complexity index is 980. The topological polar surface area (TPSA) is 67.8 Å². The number of imidazole rings is 1. The number of nitrogens with one attached hydrogen (secondary N) is 1. The molecule has 0 saturated heterocycles. The number of aryl methyl sites for hydroxylation is 1. The third kappa shape index (κ3) is 2.54. The van der Waals surface area contributed by atoms with Crippen LogP contribution in [0, 0.1) is 11.7 Å². The Morgan fingerprint density at radius 2 is 2.19 bits per heavy atom. The van der Waals surface area contributed by atoms with Gasteiger partial charge in [-0.2, -0.15) is 0 Å². The summed E-state index contributed by atoms with van der Waals surface area (Å²) in [5.41, 5.74) is 4.11. The summed E-state index contributed by atoms with van der Waals surface area (Å²) in [5, 5.41) is 0. The summed E-state index contributed by atoms with van der Waals surface area (Å²) in [5.74, 6) is 0. The van der Waals surface area contributed by atoms with Gasteiger partial charge in [-0.05, 0) is 31.3 Å². The monoisotopic (exact) mass is 339 g/mol. The first-order chi connectivity index (χ1) is 9.88. The second kappa shape index (κ2) is 5.04. The molecule has 5 nitrogen and oxygen atoms in total. The van der Waals surface area contributed by atoms with Crippen molar-refractivity contribution in [2.45, 2.75) is 18.4 Å². The van der Waals surface area contributed by atoms with Crippen molar-refractivity contribution in [1.29, 1.82) is 0 Å². The van der Waals surface area contributed by atoms with E-state index in [0.717, 1.165) is 16.1 Å². The van der Waals surface area contributed by atoms with Crippen LogP contribution in [0.5, 0.6) is 0 Å². The maximum absolute atomic E-state index is 11.9. The molecule has 8 heteroatoms. The molecule has 110 valence electrons. The lowest BCUT2D eigenvalue weighted by Gasteiger charge is -2.04. The highest BCUT2D eigenvalue weighted by atomic mass is 32.2. The van der Waals surface area contributed by atoms with E-state index >= 15 is 0 Å². The lowest BCUT2D eigenvalue weighted by molar-refractivity contribution is 0.602. The highest BCUT2D eigenvalue weighted by molar-refractivity contribution is 7.91. The number of rotatable bonds is 3. The molecule has 0 atom stereocenters. The molecule has 1 N–H and O–H groups in total. The largest absolute Gasteiger partial charge is 0.329 e. The third-order valence-electron chi connectivity index (χ3n) is 3.32. The maximum atomic E-state index is 11.9. The van der Waals surface area contributed by atoms with Crippen LogP contribution in [0.25, 0.3) is 11.0 Å². The molecule has 1 aromatic carbocycles. The minimum atomic E-state index is -3.30. The predicted octanol–water partition coefficient (Wildman–Crippen LogP) is 2.92. The number of hydrogen-bond acceptors (Lipinski definition) is 5. The minimum absolute atomic E-state index is 0.269. The number of hydrogen-bond donors (Lipinski definition) is 1. The van der Waals surface area contributed by atoms with E-state index in [0.29, 0.717) is 16.8 Å². The zero-order valence-electron chi connectivity index (χ0n) is 11.5. The second-order valence-electron chi connectivity index (χ2n) is 4.80. The molecule has 0 aliphatic rings. The molecule has 0 spiro atoms. The molecule has 0 aliphatic carbocycles. The van der Waals surface area contributed by atoms with Crippen LogP contribution in [0.3, 0.4) is 0 Å².